The summed E-state index contributed by atoms with van der Waals surface area (Å²) in [6.45, 7) is 4.22. The number of ether oxygens (including phenoxy) is 1. The molecule has 3 N–H and O–H groups in total. The Morgan fingerprint density at radius 1 is 1.06 bits per heavy atom. The lowest BCUT2D eigenvalue weighted by atomic mass is 9.51. The van der Waals surface area contributed by atoms with Gasteiger partial charge in [-0.1, -0.05) is 19.1 Å². The summed E-state index contributed by atoms with van der Waals surface area (Å²) in [7, 11) is 3.92. The van der Waals surface area contributed by atoms with Crippen LogP contribution in [0.3, 0.4) is 0 Å². The fraction of sp³-hybridized carbons (Fsp3) is 0.690. The zero-order chi connectivity index (χ0) is 25.3. The molecule has 1 aromatic carbocycles. The van der Waals surface area contributed by atoms with Crippen LogP contribution >= 0.6 is 0 Å². The molecule has 194 valence electrons. The van der Waals surface area contributed by atoms with Crippen LogP contribution < -0.4 is 0 Å². The molecule has 2 spiro atoms. The smallest absolute Gasteiger partial charge is 0.192 e. The number of rotatable bonds is 2. The van der Waals surface area contributed by atoms with E-state index in [0.717, 1.165) is 42.3 Å². The van der Waals surface area contributed by atoms with Crippen molar-refractivity contribution in [1.29, 1.82) is 0 Å². The highest BCUT2D eigenvalue weighted by molar-refractivity contribution is 5.82. The molecule has 2 bridgehead atoms. The molecule has 7 heteroatoms. The number of likely N-dealkylation sites (N-methyl/N-ethyl adjacent to an activating group) is 1. The first-order valence-electron chi connectivity index (χ1n) is 13.6. The van der Waals surface area contributed by atoms with E-state index in [4.69, 9.17) is 9.15 Å². The SMILES string of the molecule is Cc1nc2ccc(C3=CCC4C3(C)CCC3(O)CC5C(O)C(O)C(N(C)C)CC56CCC43O6)cc2o1. The summed E-state index contributed by atoms with van der Waals surface area (Å²) in [5.74, 6) is 0.582. The Bertz CT molecular complexity index is 1270. The monoisotopic (exact) mass is 494 g/mol. The number of nitrogens with zero attached hydrogens (tertiary/aromatic N) is 2. The van der Waals surface area contributed by atoms with Gasteiger partial charge < -0.3 is 29.4 Å². The number of allylic oxidation sites excluding steroid dienone is 2. The summed E-state index contributed by atoms with van der Waals surface area (Å²) >= 11 is 0. The Labute approximate surface area is 212 Å². The third kappa shape index (κ3) is 2.73. The van der Waals surface area contributed by atoms with Crippen LogP contribution in [0.4, 0.5) is 0 Å². The molecule has 2 aliphatic heterocycles. The van der Waals surface area contributed by atoms with Crippen molar-refractivity contribution in [2.24, 2.45) is 17.3 Å². The minimum Gasteiger partial charge on any atom is -0.441 e. The first kappa shape index (κ1) is 23.4. The number of oxazole rings is 1. The molecule has 1 aromatic heterocycles. The topological polar surface area (TPSA) is 99.2 Å². The highest BCUT2D eigenvalue weighted by Gasteiger charge is 2.76. The van der Waals surface area contributed by atoms with Gasteiger partial charge in [0.2, 0.25) is 0 Å². The fourth-order valence-corrected chi connectivity index (χ4v) is 9.26. The number of aliphatic hydroxyl groups is 3. The average Bonchev–Trinajstić information content (AvgIpc) is 3.49. The van der Waals surface area contributed by atoms with Gasteiger partial charge in [0.15, 0.2) is 11.5 Å². The van der Waals surface area contributed by atoms with Crippen molar-refractivity contribution in [2.75, 3.05) is 14.1 Å². The average molecular weight is 495 g/mol. The number of hydrogen-bond acceptors (Lipinski definition) is 7. The van der Waals surface area contributed by atoms with E-state index in [1.165, 1.54) is 5.57 Å². The highest BCUT2D eigenvalue weighted by atomic mass is 16.6. The van der Waals surface area contributed by atoms with Crippen LogP contribution in [0.15, 0.2) is 28.7 Å². The van der Waals surface area contributed by atoms with Crippen molar-refractivity contribution in [3.63, 3.8) is 0 Å². The van der Waals surface area contributed by atoms with Crippen LogP contribution in [0.5, 0.6) is 0 Å². The summed E-state index contributed by atoms with van der Waals surface area (Å²) in [5, 5.41) is 34.4. The van der Waals surface area contributed by atoms with Crippen molar-refractivity contribution < 1.29 is 24.5 Å². The van der Waals surface area contributed by atoms with Gasteiger partial charge in [0.25, 0.3) is 0 Å². The van der Waals surface area contributed by atoms with Crippen LogP contribution in [0.25, 0.3) is 16.7 Å². The van der Waals surface area contributed by atoms with Gasteiger partial charge >= 0.3 is 0 Å². The molecule has 2 saturated heterocycles. The van der Waals surface area contributed by atoms with Crippen LogP contribution in [0, 0.1) is 24.2 Å². The number of aryl methyl sites for hydroxylation is 1. The molecule has 9 unspecified atom stereocenters. The normalized spacial score (nSPS) is 47.6. The lowest BCUT2D eigenvalue weighted by Gasteiger charge is -2.65. The molecule has 7 rings (SSSR count). The predicted molar refractivity (Wildman–Crippen MR) is 135 cm³/mol. The van der Waals surface area contributed by atoms with Gasteiger partial charge in [-0.2, -0.15) is 0 Å². The summed E-state index contributed by atoms with van der Waals surface area (Å²) in [6.07, 6.45) is 5.79. The van der Waals surface area contributed by atoms with Crippen LogP contribution in [-0.4, -0.2) is 74.4 Å². The summed E-state index contributed by atoms with van der Waals surface area (Å²) in [4.78, 5) is 6.47. The molecule has 3 aliphatic carbocycles. The quantitative estimate of drug-likeness (QED) is 0.588. The second kappa shape index (κ2) is 7.20. The minimum atomic E-state index is -0.997. The van der Waals surface area contributed by atoms with Crippen molar-refractivity contribution >= 4 is 16.7 Å². The Morgan fingerprint density at radius 2 is 1.86 bits per heavy atom. The van der Waals surface area contributed by atoms with E-state index in [9.17, 15) is 15.3 Å². The minimum absolute atomic E-state index is 0.124. The van der Waals surface area contributed by atoms with Gasteiger partial charge in [-0.3, -0.25) is 0 Å². The first-order chi connectivity index (χ1) is 17.0. The lowest BCUT2D eigenvalue weighted by molar-refractivity contribution is -0.331. The molecule has 0 radical (unpaired) electrons. The van der Waals surface area contributed by atoms with E-state index in [1.807, 2.05) is 32.0 Å². The first-order valence-corrected chi connectivity index (χ1v) is 13.6. The van der Waals surface area contributed by atoms with Gasteiger partial charge in [-0.15, -0.1) is 0 Å². The standard InChI is InChI=1S/C29H38N2O5/c1-16-30-20-7-5-17(13-22(20)35-16)18-6-8-23-26(18,2)9-11-28(34)14-19-24(32)25(33)21(31(3)4)15-27(19)10-12-29(23,28)36-27/h5-7,13,19,21,23-25,32-34H,8-12,14-15H2,1-4H3. The van der Waals surface area contributed by atoms with Gasteiger partial charge in [0.1, 0.15) is 11.1 Å². The maximum Gasteiger partial charge on any atom is 0.192 e. The van der Waals surface area contributed by atoms with Crippen LogP contribution in [0.1, 0.15) is 63.3 Å². The molecule has 3 heterocycles. The van der Waals surface area contributed by atoms with E-state index in [0.29, 0.717) is 25.2 Å². The van der Waals surface area contributed by atoms with Gasteiger partial charge in [0, 0.05) is 24.8 Å². The maximum atomic E-state index is 12.3. The van der Waals surface area contributed by atoms with Crippen molar-refractivity contribution in [2.45, 2.75) is 93.8 Å². The van der Waals surface area contributed by atoms with Crippen LogP contribution in [-0.2, 0) is 4.74 Å². The molecule has 7 nitrogen and oxygen atoms in total. The Kier molecular flexibility index (Phi) is 4.67. The Balaban J connectivity index is 1.27. The van der Waals surface area contributed by atoms with Crippen molar-refractivity contribution in [1.82, 2.24) is 9.88 Å². The van der Waals surface area contributed by atoms with Crippen molar-refractivity contribution in [3.05, 3.63) is 35.7 Å². The lowest BCUT2D eigenvalue weighted by Crippen LogP contribution is -2.73. The number of aromatic nitrogens is 1. The number of hydrogen-bond donors (Lipinski definition) is 3. The van der Waals surface area contributed by atoms with E-state index in [1.54, 1.807) is 0 Å². The Morgan fingerprint density at radius 3 is 2.64 bits per heavy atom. The molecule has 5 aliphatic rings. The molecule has 9 atom stereocenters. The maximum absolute atomic E-state index is 12.3. The molecular formula is C29H38N2O5. The molecular weight excluding hydrogens is 456 g/mol. The molecule has 0 amide bonds. The zero-order valence-corrected chi connectivity index (χ0v) is 21.7. The predicted octanol–water partition coefficient (Wildman–Crippen LogP) is 3.43. The van der Waals surface area contributed by atoms with Crippen molar-refractivity contribution in [3.8, 4) is 0 Å². The molecule has 4 fully saturated rings. The van der Waals surface area contributed by atoms with Gasteiger partial charge in [-0.05, 0) is 87.7 Å². The van der Waals surface area contributed by atoms with Crippen LogP contribution in [0.2, 0.25) is 0 Å². The van der Waals surface area contributed by atoms with E-state index >= 15 is 0 Å². The number of fused-ring (bicyclic) bond motifs is 2. The van der Waals surface area contributed by atoms with Gasteiger partial charge in [-0.25, -0.2) is 4.98 Å². The summed E-state index contributed by atoms with van der Waals surface area (Å²) in [5.41, 5.74) is 1.90. The third-order valence-corrected chi connectivity index (χ3v) is 11.1. The number of aliphatic hydroxyl groups excluding tert-OH is 2. The molecule has 36 heavy (non-hydrogen) atoms. The second-order valence-electron chi connectivity index (χ2n) is 12.9. The summed E-state index contributed by atoms with van der Waals surface area (Å²) < 4.78 is 13.1. The second-order valence-corrected chi connectivity index (χ2v) is 12.9. The largest absolute Gasteiger partial charge is 0.441 e. The fourth-order valence-electron chi connectivity index (χ4n) is 9.26. The van der Waals surface area contributed by atoms with E-state index < -0.39 is 29.0 Å². The summed E-state index contributed by atoms with van der Waals surface area (Å²) in [6, 6.07) is 6.14. The number of benzene rings is 1. The van der Waals surface area contributed by atoms with E-state index in [-0.39, 0.29) is 23.3 Å². The Hall–Kier alpha value is -1.77. The third-order valence-electron chi connectivity index (χ3n) is 11.1. The molecule has 2 aromatic rings. The van der Waals surface area contributed by atoms with E-state index in [2.05, 4.69) is 30.1 Å². The zero-order valence-electron chi connectivity index (χ0n) is 21.7. The molecule has 2 saturated carbocycles. The van der Waals surface area contributed by atoms with Gasteiger partial charge in [0.05, 0.1) is 23.4 Å². The highest BCUT2D eigenvalue weighted by Crippen LogP contribution is 2.71.